The van der Waals surface area contributed by atoms with Gasteiger partial charge < -0.3 is 15.5 Å². The summed E-state index contributed by atoms with van der Waals surface area (Å²) in [4.78, 5) is 48.4. The summed E-state index contributed by atoms with van der Waals surface area (Å²) in [6.45, 7) is 5.27. The lowest BCUT2D eigenvalue weighted by Gasteiger charge is -2.31. The number of aromatic nitrogens is 3. The number of piperidine rings is 1. The first-order chi connectivity index (χ1) is 15.9. The third-order valence-corrected chi connectivity index (χ3v) is 6.67. The van der Waals surface area contributed by atoms with E-state index in [1.54, 1.807) is 13.0 Å². The van der Waals surface area contributed by atoms with Gasteiger partial charge in [0.25, 0.3) is 5.56 Å². The summed E-state index contributed by atoms with van der Waals surface area (Å²) in [6.07, 6.45) is 2.97. The number of hydrogen-bond donors (Lipinski definition) is 2. The zero-order chi connectivity index (χ0) is 23.5. The molecule has 1 saturated heterocycles. The Labute approximate surface area is 193 Å². The molecule has 3 heterocycles. The molecule has 1 aliphatic heterocycles. The highest BCUT2D eigenvalue weighted by Crippen LogP contribution is 2.29. The van der Waals surface area contributed by atoms with Gasteiger partial charge in [-0.3, -0.25) is 19.0 Å². The van der Waals surface area contributed by atoms with E-state index in [-0.39, 0.29) is 23.9 Å². The Kier molecular flexibility index (Phi) is 6.68. The Balaban J connectivity index is 1.51. The number of fused-ring (bicyclic) bond motifs is 1. The molecule has 0 radical (unpaired) electrons. The van der Waals surface area contributed by atoms with Crippen LogP contribution in [-0.4, -0.2) is 46.0 Å². The predicted molar refractivity (Wildman–Crippen MR) is 125 cm³/mol. The molecule has 11 heteroatoms. The number of carbonyl (C=O) groups excluding carboxylic acids is 2. The van der Waals surface area contributed by atoms with Gasteiger partial charge in [-0.25, -0.2) is 9.37 Å². The van der Waals surface area contributed by atoms with E-state index in [0.717, 1.165) is 19.4 Å². The third kappa shape index (κ3) is 5.03. The molecule has 0 saturated carbocycles. The minimum absolute atomic E-state index is 0.0309. The lowest BCUT2D eigenvalue weighted by atomic mass is 9.97. The fourth-order valence-corrected chi connectivity index (χ4v) is 4.84. The molecule has 2 amide bonds. The molecule has 1 atom stereocenters. The molecule has 9 nitrogen and oxygen atoms in total. The van der Waals surface area contributed by atoms with Crippen molar-refractivity contribution in [3.63, 3.8) is 0 Å². The molecule has 0 spiro atoms. The molecule has 0 aliphatic carbocycles. The summed E-state index contributed by atoms with van der Waals surface area (Å²) in [6, 6.07) is 4.12. The first-order valence-corrected chi connectivity index (χ1v) is 11.6. The number of amides is 2. The van der Waals surface area contributed by atoms with E-state index in [9.17, 15) is 18.8 Å². The maximum absolute atomic E-state index is 13.5. The lowest BCUT2D eigenvalue weighted by Crippen LogP contribution is -2.43. The van der Waals surface area contributed by atoms with Gasteiger partial charge >= 0.3 is 0 Å². The minimum Gasteiger partial charge on any atom is -0.356 e. The number of carbonyl (C=O) groups is 2. The zero-order valence-electron chi connectivity index (χ0n) is 18.4. The number of nitrogens with one attached hydrogen (secondary N) is 2. The van der Waals surface area contributed by atoms with E-state index in [2.05, 4.69) is 20.6 Å². The van der Waals surface area contributed by atoms with Crippen LogP contribution in [0.15, 0.2) is 29.3 Å². The summed E-state index contributed by atoms with van der Waals surface area (Å²) in [5, 5.41) is 6.14. The van der Waals surface area contributed by atoms with Crippen LogP contribution in [0.1, 0.15) is 25.3 Å². The number of benzene rings is 1. The SMILES string of the molecule is CCNC(=O)[C@H]1CCCN(c2nc3ncn(CC(=O)Nc4cc(F)ccc4C)c(=O)c3s2)C1. The van der Waals surface area contributed by atoms with Crippen LogP contribution in [0.3, 0.4) is 0 Å². The fraction of sp³-hybridized carbons (Fsp3) is 0.409. The molecular weight excluding hydrogens is 447 g/mol. The van der Waals surface area contributed by atoms with Crippen molar-refractivity contribution >= 4 is 44.3 Å². The number of hydrogen-bond acceptors (Lipinski definition) is 7. The van der Waals surface area contributed by atoms with Crippen LogP contribution in [0, 0.1) is 18.7 Å². The van der Waals surface area contributed by atoms with Gasteiger partial charge in [0.1, 0.15) is 23.4 Å². The van der Waals surface area contributed by atoms with Crippen LogP contribution in [0.2, 0.25) is 0 Å². The van der Waals surface area contributed by atoms with E-state index in [0.29, 0.717) is 39.8 Å². The van der Waals surface area contributed by atoms with Gasteiger partial charge in [-0.05, 0) is 44.4 Å². The van der Waals surface area contributed by atoms with E-state index in [1.807, 2.05) is 11.8 Å². The molecule has 0 unspecified atom stereocenters. The Morgan fingerprint density at radius 1 is 1.33 bits per heavy atom. The Hall–Kier alpha value is -3.34. The van der Waals surface area contributed by atoms with Crippen molar-refractivity contribution in [2.24, 2.45) is 5.92 Å². The van der Waals surface area contributed by atoms with Gasteiger partial charge in [0, 0.05) is 25.3 Å². The second kappa shape index (κ2) is 9.65. The monoisotopic (exact) mass is 472 g/mol. The maximum Gasteiger partial charge on any atom is 0.273 e. The number of anilines is 2. The smallest absolute Gasteiger partial charge is 0.273 e. The zero-order valence-corrected chi connectivity index (χ0v) is 19.2. The number of halogens is 1. The fourth-order valence-electron chi connectivity index (χ4n) is 3.84. The van der Waals surface area contributed by atoms with Crippen molar-refractivity contribution in [3.8, 4) is 0 Å². The molecule has 174 valence electrons. The highest BCUT2D eigenvalue weighted by atomic mass is 32.1. The van der Waals surface area contributed by atoms with Crippen molar-refractivity contribution in [3.05, 3.63) is 46.3 Å². The summed E-state index contributed by atoms with van der Waals surface area (Å²) in [5.41, 5.74) is 1.02. The van der Waals surface area contributed by atoms with E-state index >= 15 is 0 Å². The molecule has 0 bridgehead atoms. The standard InChI is InChI=1S/C22H25FN6O3S/c1-3-24-20(31)14-5-4-8-28(10-14)22-27-19-18(33-22)21(32)29(12-25-19)11-17(30)26-16-9-15(23)7-6-13(16)2/h6-7,9,12,14H,3-5,8,10-11H2,1-2H3,(H,24,31)(H,26,30)/t14-/m0/s1. The van der Waals surface area contributed by atoms with Crippen molar-refractivity contribution < 1.29 is 14.0 Å². The third-order valence-electron chi connectivity index (χ3n) is 5.57. The predicted octanol–water partition coefficient (Wildman–Crippen LogP) is 2.29. The quantitative estimate of drug-likeness (QED) is 0.570. The average Bonchev–Trinajstić information content (AvgIpc) is 3.24. The Bertz CT molecular complexity index is 1260. The summed E-state index contributed by atoms with van der Waals surface area (Å²) >= 11 is 1.21. The molecular formula is C22H25FN6O3S. The van der Waals surface area contributed by atoms with Crippen LogP contribution >= 0.6 is 11.3 Å². The Morgan fingerprint density at radius 3 is 2.94 bits per heavy atom. The second-order valence-electron chi connectivity index (χ2n) is 8.01. The van der Waals surface area contributed by atoms with Crippen LogP contribution in [0.4, 0.5) is 15.2 Å². The van der Waals surface area contributed by atoms with Gasteiger partial charge in [-0.1, -0.05) is 17.4 Å². The minimum atomic E-state index is -0.461. The highest BCUT2D eigenvalue weighted by Gasteiger charge is 2.27. The number of nitrogens with zero attached hydrogens (tertiary/aromatic N) is 4. The van der Waals surface area contributed by atoms with E-state index in [1.165, 1.54) is 34.4 Å². The van der Waals surface area contributed by atoms with Crippen LogP contribution < -0.4 is 21.1 Å². The average molecular weight is 473 g/mol. The van der Waals surface area contributed by atoms with Gasteiger partial charge in [0.2, 0.25) is 11.8 Å². The van der Waals surface area contributed by atoms with Crippen LogP contribution in [-0.2, 0) is 16.1 Å². The summed E-state index contributed by atoms with van der Waals surface area (Å²) in [5.74, 6) is -1.01. The van der Waals surface area contributed by atoms with Gasteiger partial charge in [0.05, 0.1) is 5.92 Å². The molecule has 1 fully saturated rings. The first kappa shape index (κ1) is 22.8. The van der Waals surface area contributed by atoms with E-state index in [4.69, 9.17) is 0 Å². The molecule has 2 aromatic heterocycles. The second-order valence-corrected chi connectivity index (χ2v) is 8.99. The number of aryl methyl sites for hydroxylation is 1. The Morgan fingerprint density at radius 2 is 2.15 bits per heavy atom. The topological polar surface area (TPSA) is 109 Å². The molecule has 1 aliphatic rings. The van der Waals surface area contributed by atoms with E-state index < -0.39 is 11.7 Å². The molecule has 2 N–H and O–H groups in total. The van der Waals surface area contributed by atoms with Crippen LogP contribution in [0.5, 0.6) is 0 Å². The highest BCUT2D eigenvalue weighted by molar-refractivity contribution is 7.22. The normalized spacial score (nSPS) is 16.1. The molecule has 33 heavy (non-hydrogen) atoms. The van der Waals surface area contributed by atoms with Crippen LogP contribution in [0.25, 0.3) is 10.3 Å². The summed E-state index contributed by atoms with van der Waals surface area (Å²) in [7, 11) is 0. The van der Waals surface area contributed by atoms with Gasteiger partial charge in [0.15, 0.2) is 10.8 Å². The van der Waals surface area contributed by atoms with Crippen molar-refractivity contribution in [1.82, 2.24) is 19.9 Å². The van der Waals surface area contributed by atoms with Crippen molar-refractivity contribution in [1.29, 1.82) is 0 Å². The number of rotatable bonds is 6. The maximum atomic E-state index is 13.5. The molecule has 3 aromatic rings. The van der Waals surface area contributed by atoms with Crippen molar-refractivity contribution in [2.75, 3.05) is 29.9 Å². The molecule has 4 rings (SSSR count). The summed E-state index contributed by atoms with van der Waals surface area (Å²) < 4.78 is 15.0. The van der Waals surface area contributed by atoms with Crippen molar-refractivity contribution in [2.45, 2.75) is 33.2 Å². The first-order valence-electron chi connectivity index (χ1n) is 10.8. The van der Waals surface area contributed by atoms with Gasteiger partial charge in [-0.15, -0.1) is 0 Å². The van der Waals surface area contributed by atoms with Gasteiger partial charge in [-0.2, -0.15) is 4.98 Å². The molecule has 1 aromatic carbocycles. The lowest BCUT2D eigenvalue weighted by molar-refractivity contribution is -0.125. The number of thiazole rings is 1. The largest absolute Gasteiger partial charge is 0.356 e.